The van der Waals surface area contributed by atoms with Gasteiger partial charge >= 0.3 is 0 Å². The largest absolute Gasteiger partial charge is 0.370 e. The van der Waals surface area contributed by atoms with Crippen LogP contribution in [0.3, 0.4) is 0 Å². The summed E-state index contributed by atoms with van der Waals surface area (Å²) in [5, 5.41) is 10.7. The summed E-state index contributed by atoms with van der Waals surface area (Å²) in [7, 11) is 0. The quantitative estimate of drug-likeness (QED) is 0.564. The summed E-state index contributed by atoms with van der Waals surface area (Å²) in [5.41, 5.74) is 6.84. The van der Waals surface area contributed by atoms with Crippen LogP contribution in [0.15, 0.2) is 48.5 Å². The molecule has 23 heavy (non-hydrogen) atoms. The van der Waals surface area contributed by atoms with Gasteiger partial charge in [0.2, 0.25) is 5.91 Å². The number of guanidine groups is 1. The maximum Gasteiger partial charge on any atom is 0.234 e. The van der Waals surface area contributed by atoms with Crippen molar-refractivity contribution in [2.45, 2.75) is 12.3 Å². The molecule has 0 aromatic heterocycles. The predicted octanol–water partition coefficient (Wildman–Crippen LogP) is 3.75. The Kier molecular flexibility index (Phi) is 7.36. The summed E-state index contributed by atoms with van der Waals surface area (Å²) in [5.74, 6) is -1.33. The minimum Gasteiger partial charge on any atom is -0.370 e. The number of carbonyl (C=O) groups is 1. The standard InChI is InChI=1S/C16H15Cl2N3O.ClH/c17-11-5-3-4-10(8-11)9-13(15(22)21-16(19)20)12-6-1-2-7-14(12)18;/h1-8,13H,9H2,(H4,19,20,21,22);1H/t13-;/m1./s1. The van der Waals surface area contributed by atoms with Gasteiger partial charge < -0.3 is 5.73 Å². The van der Waals surface area contributed by atoms with Gasteiger partial charge in [0, 0.05) is 10.0 Å². The zero-order valence-corrected chi connectivity index (χ0v) is 14.4. The van der Waals surface area contributed by atoms with Gasteiger partial charge in [0.25, 0.3) is 0 Å². The van der Waals surface area contributed by atoms with Crippen LogP contribution in [0.1, 0.15) is 17.0 Å². The minimum atomic E-state index is -0.559. The van der Waals surface area contributed by atoms with Crippen LogP contribution in [0.25, 0.3) is 0 Å². The number of benzene rings is 2. The molecule has 0 saturated heterocycles. The van der Waals surface area contributed by atoms with Gasteiger partial charge in [-0.3, -0.25) is 15.5 Å². The van der Waals surface area contributed by atoms with Crippen LogP contribution < -0.4 is 11.1 Å². The van der Waals surface area contributed by atoms with E-state index in [1.807, 2.05) is 18.2 Å². The molecule has 122 valence electrons. The van der Waals surface area contributed by atoms with E-state index in [4.69, 9.17) is 34.3 Å². The first-order valence-electron chi connectivity index (χ1n) is 6.61. The molecular weight excluding hydrogens is 357 g/mol. The smallest absolute Gasteiger partial charge is 0.234 e. The Morgan fingerprint density at radius 3 is 2.48 bits per heavy atom. The van der Waals surface area contributed by atoms with E-state index >= 15 is 0 Å². The van der Waals surface area contributed by atoms with E-state index < -0.39 is 11.9 Å². The average Bonchev–Trinajstić information content (AvgIpc) is 2.45. The van der Waals surface area contributed by atoms with Crippen molar-refractivity contribution in [3.8, 4) is 0 Å². The van der Waals surface area contributed by atoms with Crippen LogP contribution >= 0.6 is 35.6 Å². The number of rotatable bonds is 4. The summed E-state index contributed by atoms with van der Waals surface area (Å²) < 4.78 is 0. The molecule has 0 radical (unpaired) electrons. The second kappa shape index (κ2) is 8.77. The molecule has 2 aromatic carbocycles. The third kappa shape index (κ3) is 5.43. The Balaban J connectivity index is 0.00000264. The van der Waals surface area contributed by atoms with Crippen LogP contribution in [0.2, 0.25) is 10.0 Å². The molecule has 0 heterocycles. The van der Waals surface area contributed by atoms with Crippen LogP contribution in [-0.4, -0.2) is 11.9 Å². The molecule has 0 bridgehead atoms. The molecule has 2 rings (SSSR count). The van der Waals surface area contributed by atoms with Crippen molar-refractivity contribution in [1.29, 1.82) is 5.41 Å². The summed E-state index contributed by atoms with van der Waals surface area (Å²) in [6.07, 6.45) is 0.406. The van der Waals surface area contributed by atoms with Crippen molar-refractivity contribution in [2.24, 2.45) is 5.73 Å². The highest BCUT2D eigenvalue weighted by Gasteiger charge is 2.23. The first-order valence-corrected chi connectivity index (χ1v) is 7.36. The molecule has 2 aromatic rings. The van der Waals surface area contributed by atoms with Gasteiger partial charge in [0.1, 0.15) is 0 Å². The van der Waals surface area contributed by atoms with Gasteiger partial charge in [-0.05, 0) is 35.7 Å². The van der Waals surface area contributed by atoms with Gasteiger partial charge in [0.05, 0.1) is 5.92 Å². The molecule has 1 atom stereocenters. The highest BCUT2D eigenvalue weighted by Crippen LogP contribution is 2.28. The highest BCUT2D eigenvalue weighted by atomic mass is 35.5. The van der Waals surface area contributed by atoms with Crippen LogP contribution in [-0.2, 0) is 11.2 Å². The van der Waals surface area contributed by atoms with E-state index in [-0.39, 0.29) is 18.3 Å². The number of carbonyl (C=O) groups excluding carboxylic acids is 1. The van der Waals surface area contributed by atoms with Crippen molar-refractivity contribution in [2.75, 3.05) is 0 Å². The van der Waals surface area contributed by atoms with E-state index in [1.165, 1.54) is 0 Å². The Labute approximate surface area is 150 Å². The van der Waals surface area contributed by atoms with Crippen LogP contribution in [0, 0.1) is 5.41 Å². The third-order valence-electron chi connectivity index (χ3n) is 3.18. The van der Waals surface area contributed by atoms with E-state index in [1.54, 1.807) is 30.3 Å². The summed E-state index contributed by atoms with van der Waals surface area (Å²) in [6, 6.07) is 14.4. The van der Waals surface area contributed by atoms with Crippen molar-refractivity contribution < 1.29 is 4.79 Å². The lowest BCUT2D eigenvalue weighted by molar-refractivity contribution is -0.121. The van der Waals surface area contributed by atoms with E-state index in [0.717, 1.165) is 5.56 Å². The maximum absolute atomic E-state index is 12.4. The number of hydrogen-bond acceptors (Lipinski definition) is 2. The van der Waals surface area contributed by atoms with E-state index in [9.17, 15) is 4.79 Å². The fraction of sp³-hybridized carbons (Fsp3) is 0.125. The summed E-state index contributed by atoms with van der Waals surface area (Å²) in [6.45, 7) is 0. The fourth-order valence-corrected chi connectivity index (χ4v) is 2.70. The Morgan fingerprint density at radius 1 is 1.17 bits per heavy atom. The van der Waals surface area contributed by atoms with Gasteiger partial charge in [-0.15, -0.1) is 12.4 Å². The predicted molar refractivity (Wildman–Crippen MR) is 96.7 cm³/mol. The number of nitrogens with two attached hydrogens (primary N) is 1. The highest BCUT2D eigenvalue weighted by molar-refractivity contribution is 6.31. The number of hydrogen-bond donors (Lipinski definition) is 3. The molecule has 0 saturated carbocycles. The molecule has 4 N–H and O–H groups in total. The second-order valence-corrected chi connectivity index (χ2v) is 5.65. The van der Waals surface area contributed by atoms with Gasteiger partial charge in [-0.1, -0.05) is 53.5 Å². The van der Waals surface area contributed by atoms with Crippen molar-refractivity contribution in [3.05, 3.63) is 69.7 Å². The van der Waals surface area contributed by atoms with Gasteiger partial charge in [0.15, 0.2) is 5.96 Å². The number of nitrogens with one attached hydrogen (secondary N) is 2. The normalized spacial score (nSPS) is 11.2. The van der Waals surface area contributed by atoms with Crippen molar-refractivity contribution in [3.63, 3.8) is 0 Å². The summed E-state index contributed by atoms with van der Waals surface area (Å²) in [4.78, 5) is 12.4. The molecule has 0 aliphatic carbocycles. The number of halogens is 3. The zero-order valence-electron chi connectivity index (χ0n) is 12.1. The van der Waals surface area contributed by atoms with Crippen molar-refractivity contribution >= 4 is 47.5 Å². The van der Waals surface area contributed by atoms with E-state index in [2.05, 4.69) is 5.32 Å². The SMILES string of the molecule is Cl.N=C(N)NC(=O)[C@H](Cc1cccc(Cl)c1)c1ccccc1Cl. The molecule has 0 aliphatic rings. The second-order valence-electron chi connectivity index (χ2n) is 4.81. The molecule has 0 spiro atoms. The van der Waals surface area contributed by atoms with Crippen LogP contribution in [0.5, 0.6) is 0 Å². The fourth-order valence-electron chi connectivity index (χ4n) is 2.22. The third-order valence-corrected chi connectivity index (χ3v) is 3.76. The number of amides is 1. The lowest BCUT2D eigenvalue weighted by Gasteiger charge is -2.18. The van der Waals surface area contributed by atoms with Gasteiger partial charge in [-0.25, -0.2) is 0 Å². The lowest BCUT2D eigenvalue weighted by Crippen LogP contribution is -2.39. The minimum absolute atomic E-state index is 0. The maximum atomic E-state index is 12.4. The van der Waals surface area contributed by atoms with Crippen molar-refractivity contribution in [1.82, 2.24) is 5.32 Å². The zero-order chi connectivity index (χ0) is 16.1. The molecule has 1 amide bonds. The topological polar surface area (TPSA) is 79.0 Å². The lowest BCUT2D eigenvalue weighted by atomic mass is 9.91. The molecular formula is C16H16Cl3N3O. The Hall–Kier alpha value is -1.75. The molecule has 0 aliphatic heterocycles. The average molecular weight is 373 g/mol. The van der Waals surface area contributed by atoms with E-state index in [0.29, 0.717) is 22.0 Å². The monoisotopic (exact) mass is 371 g/mol. The molecule has 7 heteroatoms. The molecule has 4 nitrogen and oxygen atoms in total. The first-order chi connectivity index (χ1) is 10.5. The van der Waals surface area contributed by atoms with Gasteiger partial charge in [-0.2, -0.15) is 0 Å². The molecule has 0 fully saturated rings. The van der Waals surface area contributed by atoms with Crippen LogP contribution in [0.4, 0.5) is 0 Å². The Morgan fingerprint density at radius 2 is 1.87 bits per heavy atom. The summed E-state index contributed by atoms with van der Waals surface area (Å²) >= 11 is 12.2. The molecule has 0 unspecified atom stereocenters. The first kappa shape index (κ1) is 19.3. The Bertz CT molecular complexity index is 706.